The zero-order valence-electron chi connectivity index (χ0n) is 15.2. The molecule has 0 saturated carbocycles. The maximum absolute atomic E-state index is 4.72. The predicted molar refractivity (Wildman–Crippen MR) is 95.2 cm³/mol. The number of hydrogen-bond acceptors (Lipinski definition) is 5. The van der Waals surface area contributed by atoms with Crippen molar-refractivity contribution >= 4 is 16.9 Å². The summed E-state index contributed by atoms with van der Waals surface area (Å²) in [6.45, 7) is 11.2. The van der Waals surface area contributed by atoms with E-state index in [1.165, 1.54) is 5.69 Å². The molecule has 0 radical (unpaired) electrons. The molecule has 7 nitrogen and oxygen atoms in total. The first-order valence-corrected chi connectivity index (χ1v) is 8.32. The van der Waals surface area contributed by atoms with E-state index >= 15 is 0 Å². The number of anilines is 1. The summed E-state index contributed by atoms with van der Waals surface area (Å²) in [5, 5.41) is 13.3. The zero-order chi connectivity index (χ0) is 17.4. The molecule has 0 unspecified atom stereocenters. The van der Waals surface area contributed by atoms with Gasteiger partial charge in [0.05, 0.1) is 23.8 Å². The second kappa shape index (κ2) is 6.22. The fraction of sp³-hybridized carbons (Fsp3) is 0.529. The summed E-state index contributed by atoms with van der Waals surface area (Å²) in [5.41, 5.74) is 3.06. The molecule has 0 aliphatic carbocycles. The first-order valence-electron chi connectivity index (χ1n) is 8.32. The lowest BCUT2D eigenvalue weighted by atomic mass is 10.2. The molecule has 0 bridgehead atoms. The van der Waals surface area contributed by atoms with E-state index in [9.17, 15) is 0 Å². The fourth-order valence-electron chi connectivity index (χ4n) is 2.81. The van der Waals surface area contributed by atoms with Gasteiger partial charge in [-0.2, -0.15) is 10.2 Å². The van der Waals surface area contributed by atoms with Gasteiger partial charge in [0.15, 0.2) is 5.65 Å². The van der Waals surface area contributed by atoms with E-state index in [0.29, 0.717) is 0 Å². The molecule has 0 aliphatic rings. The summed E-state index contributed by atoms with van der Waals surface area (Å²) in [6, 6.07) is 2.27. The molecule has 0 spiro atoms. The van der Waals surface area contributed by atoms with Crippen molar-refractivity contribution in [2.75, 3.05) is 5.32 Å². The summed E-state index contributed by atoms with van der Waals surface area (Å²) in [4.78, 5) is 9.35. The van der Waals surface area contributed by atoms with Crippen molar-refractivity contribution in [2.45, 2.75) is 53.1 Å². The molecule has 1 atom stereocenters. The molecule has 0 aromatic carbocycles. The van der Waals surface area contributed by atoms with Crippen molar-refractivity contribution in [2.24, 2.45) is 7.05 Å². The molecule has 0 amide bonds. The average Bonchev–Trinajstić information content (AvgIpc) is 3.02. The number of nitrogens with one attached hydrogen (secondary N) is 1. The molecule has 3 aromatic heterocycles. The standard InChI is InChI=1S/C17H25N7/c1-10(2)15-20-16(14-8-18-23(6)17(14)21-15)19-12(4)9-24-13(5)7-11(3)22-24/h7-8,10,12H,9H2,1-6H3,(H,19,20,21)/t12-/m0/s1. The van der Waals surface area contributed by atoms with Crippen LogP contribution in [-0.4, -0.2) is 35.6 Å². The third-order valence-corrected chi connectivity index (χ3v) is 4.06. The number of rotatable bonds is 5. The minimum Gasteiger partial charge on any atom is -0.365 e. The number of hydrogen-bond donors (Lipinski definition) is 1. The van der Waals surface area contributed by atoms with Crippen LogP contribution in [0.1, 0.15) is 43.9 Å². The highest BCUT2D eigenvalue weighted by Crippen LogP contribution is 2.23. The summed E-state index contributed by atoms with van der Waals surface area (Å²) in [7, 11) is 1.91. The lowest BCUT2D eigenvalue weighted by Gasteiger charge is -2.17. The first kappa shape index (κ1) is 16.4. The minimum absolute atomic E-state index is 0.182. The van der Waals surface area contributed by atoms with Crippen molar-refractivity contribution in [3.63, 3.8) is 0 Å². The van der Waals surface area contributed by atoms with Gasteiger partial charge in [-0.1, -0.05) is 13.8 Å². The number of fused-ring (bicyclic) bond motifs is 1. The maximum Gasteiger partial charge on any atom is 0.163 e. The SMILES string of the molecule is Cc1cc(C)n(C[C@H](C)Nc2nc(C(C)C)nc3c2cnn3C)n1. The molecule has 3 heterocycles. The molecule has 3 aromatic rings. The molecule has 1 N–H and O–H groups in total. The summed E-state index contributed by atoms with van der Waals surface area (Å²) < 4.78 is 3.82. The van der Waals surface area contributed by atoms with Gasteiger partial charge in [-0.3, -0.25) is 9.36 Å². The van der Waals surface area contributed by atoms with Crippen molar-refractivity contribution in [3.8, 4) is 0 Å². The van der Waals surface area contributed by atoms with E-state index in [-0.39, 0.29) is 12.0 Å². The smallest absolute Gasteiger partial charge is 0.163 e. The topological polar surface area (TPSA) is 73.5 Å². The van der Waals surface area contributed by atoms with Crippen molar-refractivity contribution in [3.05, 3.63) is 29.5 Å². The van der Waals surface area contributed by atoms with Gasteiger partial charge < -0.3 is 5.32 Å². The lowest BCUT2D eigenvalue weighted by molar-refractivity contribution is 0.544. The van der Waals surface area contributed by atoms with Crippen LogP contribution >= 0.6 is 0 Å². The predicted octanol–water partition coefficient (Wildman–Crippen LogP) is 2.80. The van der Waals surface area contributed by atoms with Crippen molar-refractivity contribution < 1.29 is 0 Å². The average molecular weight is 327 g/mol. The normalized spacial score (nSPS) is 13.0. The third-order valence-electron chi connectivity index (χ3n) is 4.06. The van der Waals surface area contributed by atoms with Crippen LogP contribution in [0.2, 0.25) is 0 Å². The summed E-state index contributed by atoms with van der Waals surface area (Å²) in [6.07, 6.45) is 1.82. The van der Waals surface area contributed by atoms with E-state index in [1.54, 1.807) is 4.68 Å². The van der Waals surface area contributed by atoms with Gasteiger partial charge in [0.2, 0.25) is 0 Å². The number of aryl methyl sites for hydroxylation is 3. The Hall–Kier alpha value is -2.44. The first-order chi connectivity index (χ1) is 11.3. The fourth-order valence-corrected chi connectivity index (χ4v) is 2.81. The van der Waals surface area contributed by atoms with E-state index in [1.807, 2.05) is 24.9 Å². The van der Waals surface area contributed by atoms with Crippen LogP contribution in [0.15, 0.2) is 12.3 Å². The Kier molecular flexibility index (Phi) is 4.26. The Labute approximate surface area is 142 Å². The molecule has 0 saturated heterocycles. The van der Waals surface area contributed by atoms with Gasteiger partial charge in [-0.05, 0) is 26.8 Å². The maximum atomic E-state index is 4.72. The van der Waals surface area contributed by atoms with Crippen molar-refractivity contribution in [1.82, 2.24) is 29.5 Å². The molecule has 7 heteroatoms. The van der Waals surface area contributed by atoms with Gasteiger partial charge in [0.1, 0.15) is 11.6 Å². The van der Waals surface area contributed by atoms with Gasteiger partial charge in [0, 0.05) is 24.7 Å². The van der Waals surface area contributed by atoms with Gasteiger partial charge in [-0.15, -0.1) is 0 Å². The van der Waals surface area contributed by atoms with E-state index < -0.39 is 0 Å². The van der Waals surface area contributed by atoms with Crippen LogP contribution in [-0.2, 0) is 13.6 Å². The second-order valence-electron chi connectivity index (χ2n) is 6.75. The Morgan fingerprint density at radius 3 is 2.54 bits per heavy atom. The number of aromatic nitrogens is 6. The lowest BCUT2D eigenvalue weighted by Crippen LogP contribution is -2.24. The van der Waals surface area contributed by atoms with Gasteiger partial charge in [0.25, 0.3) is 0 Å². The molecular weight excluding hydrogens is 302 g/mol. The summed E-state index contributed by atoms with van der Waals surface area (Å²) in [5.74, 6) is 1.92. The monoisotopic (exact) mass is 327 g/mol. The van der Waals surface area contributed by atoms with E-state index in [4.69, 9.17) is 4.98 Å². The minimum atomic E-state index is 0.182. The molecule has 24 heavy (non-hydrogen) atoms. The van der Waals surface area contributed by atoms with Crippen LogP contribution in [0.5, 0.6) is 0 Å². The van der Waals surface area contributed by atoms with E-state index in [0.717, 1.165) is 34.9 Å². The Bertz CT molecular complexity index is 859. The zero-order valence-corrected chi connectivity index (χ0v) is 15.2. The Morgan fingerprint density at radius 1 is 1.17 bits per heavy atom. The van der Waals surface area contributed by atoms with Crippen LogP contribution < -0.4 is 5.32 Å². The highest BCUT2D eigenvalue weighted by atomic mass is 15.3. The van der Waals surface area contributed by atoms with Gasteiger partial charge >= 0.3 is 0 Å². The van der Waals surface area contributed by atoms with Crippen LogP contribution in [0.4, 0.5) is 5.82 Å². The van der Waals surface area contributed by atoms with Crippen LogP contribution in [0, 0.1) is 13.8 Å². The highest BCUT2D eigenvalue weighted by Gasteiger charge is 2.16. The Balaban J connectivity index is 1.89. The van der Waals surface area contributed by atoms with Crippen LogP contribution in [0.3, 0.4) is 0 Å². The molecule has 128 valence electrons. The summed E-state index contributed by atoms with van der Waals surface area (Å²) >= 11 is 0. The molecule has 0 aliphatic heterocycles. The third kappa shape index (κ3) is 3.11. The largest absolute Gasteiger partial charge is 0.365 e. The van der Waals surface area contributed by atoms with E-state index in [2.05, 4.69) is 54.3 Å². The number of nitrogens with zero attached hydrogens (tertiary/aromatic N) is 6. The van der Waals surface area contributed by atoms with Crippen molar-refractivity contribution in [1.29, 1.82) is 0 Å². The molecule has 3 rings (SSSR count). The second-order valence-corrected chi connectivity index (χ2v) is 6.75. The Morgan fingerprint density at radius 2 is 1.92 bits per heavy atom. The highest BCUT2D eigenvalue weighted by molar-refractivity contribution is 5.86. The van der Waals surface area contributed by atoms with Gasteiger partial charge in [-0.25, -0.2) is 9.97 Å². The quantitative estimate of drug-likeness (QED) is 0.780. The molecular formula is C17H25N7. The van der Waals surface area contributed by atoms with Crippen LogP contribution in [0.25, 0.3) is 11.0 Å². The molecule has 0 fully saturated rings.